The van der Waals surface area contributed by atoms with Gasteiger partial charge in [-0.15, -0.1) is 0 Å². The van der Waals surface area contributed by atoms with Gasteiger partial charge >= 0.3 is 5.97 Å². The highest BCUT2D eigenvalue weighted by Crippen LogP contribution is 2.39. The number of halogens is 1. The summed E-state index contributed by atoms with van der Waals surface area (Å²) < 4.78 is 18.4. The number of benzene rings is 1. The number of nitrogens with two attached hydrogens (primary N) is 1. The second-order valence-electron chi connectivity index (χ2n) is 3.95. The molecule has 16 heavy (non-hydrogen) atoms. The molecule has 1 fully saturated rings. The van der Waals surface area contributed by atoms with Crippen LogP contribution in [0.1, 0.15) is 11.6 Å². The third kappa shape index (κ3) is 1.48. The minimum atomic E-state index is -1.19. The van der Waals surface area contributed by atoms with Crippen molar-refractivity contribution >= 4 is 5.97 Å². The highest BCUT2D eigenvalue weighted by molar-refractivity contribution is 5.77. The van der Waals surface area contributed by atoms with Crippen LogP contribution < -0.4 is 5.73 Å². The Bertz CT molecular complexity index is 417. The first-order valence-electron chi connectivity index (χ1n) is 4.89. The van der Waals surface area contributed by atoms with Gasteiger partial charge in [-0.25, -0.2) is 4.39 Å². The first kappa shape index (κ1) is 11.0. The summed E-state index contributed by atoms with van der Waals surface area (Å²) in [4.78, 5) is 11.1. The zero-order valence-electron chi connectivity index (χ0n) is 8.52. The molecule has 1 heterocycles. The quantitative estimate of drug-likeness (QED) is 0.802. The molecular weight excluding hydrogens is 213 g/mol. The molecule has 1 aliphatic rings. The Labute approximate surface area is 91.8 Å². The zero-order valence-corrected chi connectivity index (χ0v) is 8.52. The van der Waals surface area contributed by atoms with Crippen LogP contribution in [0, 0.1) is 11.2 Å². The minimum absolute atomic E-state index is 0.0256. The van der Waals surface area contributed by atoms with Crippen LogP contribution in [0.4, 0.5) is 4.39 Å². The topological polar surface area (TPSA) is 72.6 Å². The van der Waals surface area contributed by atoms with Crippen molar-refractivity contribution in [2.24, 2.45) is 11.1 Å². The monoisotopic (exact) mass is 225 g/mol. The predicted molar refractivity (Wildman–Crippen MR) is 54.2 cm³/mol. The van der Waals surface area contributed by atoms with Crippen molar-refractivity contribution in [2.75, 3.05) is 13.2 Å². The standard InChI is InChI=1S/C11H12FNO3/c12-8-4-2-1-3-7(8)9(13)11(10(14)15)5-16-6-11/h1-4,9H,5-6,13H2,(H,14,15). The number of carboxylic acids is 1. The van der Waals surface area contributed by atoms with Gasteiger partial charge in [0.15, 0.2) is 0 Å². The molecular formula is C11H12FNO3. The van der Waals surface area contributed by atoms with E-state index < -0.39 is 23.2 Å². The summed E-state index contributed by atoms with van der Waals surface area (Å²) in [5, 5.41) is 9.12. The van der Waals surface area contributed by atoms with E-state index in [2.05, 4.69) is 0 Å². The molecule has 1 unspecified atom stereocenters. The van der Waals surface area contributed by atoms with Gasteiger partial charge in [0.1, 0.15) is 11.2 Å². The van der Waals surface area contributed by atoms with E-state index in [0.29, 0.717) is 0 Å². The molecule has 4 nitrogen and oxygen atoms in total. The molecule has 5 heteroatoms. The maximum Gasteiger partial charge on any atom is 0.316 e. The number of carbonyl (C=O) groups is 1. The van der Waals surface area contributed by atoms with Gasteiger partial charge in [-0.3, -0.25) is 4.79 Å². The van der Waals surface area contributed by atoms with Crippen molar-refractivity contribution in [1.82, 2.24) is 0 Å². The lowest BCUT2D eigenvalue weighted by Crippen LogP contribution is -2.55. The molecule has 86 valence electrons. The van der Waals surface area contributed by atoms with Gasteiger partial charge in [-0.2, -0.15) is 0 Å². The summed E-state index contributed by atoms with van der Waals surface area (Å²) in [7, 11) is 0. The smallest absolute Gasteiger partial charge is 0.316 e. The highest BCUT2D eigenvalue weighted by Gasteiger charge is 2.52. The van der Waals surface area contributed by atoms with Gasteiger partial charge in [0, 0.05) is 5.56 Å². The molecule has 0 bridgehead atoms. The average molecular weight is 225 g/mol. The van der Waals surface area contributed by atoms with Gasteiger partial charge in [0.05, 0.1) is 19.3 Å². The molecule has 1 atom stereocenters. The van der Waals surface area contributed by atoms with Crippen molar-refractivity contribution in [3.05, 3.63) is 35.6 Å². The van der Waals surface area contributed by atoms with Crippen molar-refractivity contribution in [3.63, 3.8) is 0 Å². The zero-order chi connectivity index (χ0) is 11.8. The Morgan fingerprint density at radius 2 is 2.12 bits per heavy atom. The summed E-state index contributed by atoms with van der Waals surface area (Å²) in [5.41, 5.74) is 4.86. The van der Waals surface area contributed by atoms with E-state index >= 15 is 0 Å². The van der Waals surface area contributed by atoms with Crippen LogP contribution in [0.3, 0.4) is 0 Å². The summed E-state index contributed by atoms with van der Waals surface area (Å²) in [6.45, 7) is 0.0513. The Hall–Kier alpha value is -1.46. The van der Waals surface area contributed by atoms with E-state index in [-0.39, 0.29) is 18.8 Å². The lowest BCUT2D eigenvalue weighted by Gasteiger charge is -2.41. The number of ether oxygens (including phenoxy) is 1. The maximum absolute atomic E-state index is 13.5. The number of hydrogen-bond donors (Lipinski definition) is 2. The van der Waals surface area contributed by atoms with Crippen LogP contribution in [0.2, 0.25) is 0 Å². The number of hydrogen-bond acceptors (Lipinski definition) is 3. The van der Waals surface area contributed by atoms with Crippen LogP contribution in [0.25, 0.3) is 0 Å². The number of aliphatic carboxylic acids is 1. The summed E-state index contributed by atoms with van der Waals surface area (Å²) in [6.07, 6.45) is 0. The second-order valence-corrected chi connectivity index (χ2v) is 3.95. The fourth-order valence-electron chi connectivity index (χ4n) is 1.78. The largest absolute Gasteiger partial charge is 0.481 e. The van der Waals surface area contributed by atoms with Crippen molar-refractivity contribution in [3.8, 4) is 0 Å². The van der Waals surface area contributed by atoms with Gasteiger partial charge in [0.2, 0.25) is 0 Å². The molecule has 1 aliphatic heterocycles. The molecule has 3 N–H and O–H groups in total. The molecule has 1 aromatic carbocycles. The molecule has 1 aromatic rings. The Balaban J connectivity index is 2.35. The highest BCUT2D eigenvalue weighted by atomic mass is 19.1. The Morgan fingerprint density at radius 1 is 1.50 bits per heavy atom. The first-order chi connectivity index (χ1) is 7.58. The molecule has 0 aromatic heterocycles. The molecule has 1 saturated heterocycles. The van der Waals surface area contributed by atoms with Gasteiger partial charge < -0.3 is 15.6 Å². The maximum atomic E-state index is 13.5. The third-order valence-corrected chi connectivity index (χ3v) is 2.98. The van der Waals surface area contributed by atoms with Crippen LogP contribution >= 0.6 is 0 Å². The van der Waals surface area contributed by atoms with E-state index in [1.165, 1.54) is 18.2 Å². The van der Waals surface area contributed by atoms with Crippen LogP contribution in [-0.4, -0.2) is 24.3 Å². The summed E-state index contributed by atoms with van der Waals surface area (Å²) in [5.74, 6) is -1.53. The van der Waals surface area contributed by atoms with Gasteiger partial charge in [-0.05, 0) is 6.07 Å². The van der Waals surface area contributed by atoms with Gasteiger partial charge in [0.25, 0.3) is 0 Å². The average Bonchev–Trinajstić information content (AvgIpc) is 2.15. The van der Waals surface area contributed by atoms with E-state index in [0.717, 1.165) is 0 Å². The van der Waals surface area contributed by atoms with E-state index in [9.17, 15) is 9.18 Å². The molecule has 0 radical (unpaired) electrons. The van der Waals surface area contributed by atoms with Crippen LogP contribution in [0.5, 0.6) is 0 Å². The predicted octanol–water partition coefficient (Wildman–Crippen LogP) is 0.927. The van der Waals surface area contributed by atoms with E-state index in [1.54, 1.807) is 6.07 Å². The molecule has 0 saturated carbocycles. The van der Waals surface area contributed by atoms with Crippen LogP contribution in [-0.2, 0) is 9.53 Å². The lowest BCUT2D eigenvalue weighted by molar-refractivity contribution is -0.184. The molecule has 0 aliphatic carbocycles. The molecule has 0 spiro atoms. The van der Waals surface area contributed by atoms with Crippen molar-refractivity contribution in [1.29, 1.82) is 0 Å². The Kier molecular flexibility index (Phi) is 2.65. The summed E-state index contributed by atoms with van der Waals surface area (Å²) in [6, 6.07) is 5.05. The third-order valence-electron chi connectivity index (χ3n) is 2.98. The first-order valence-corrected chi connectivity index (χ1v) is 4.89. The van der Waals surface area contributed by atoms with Crippen molar-refractivity contribution in [2.45, 2.75) is 6.04 Å². The van der Waals surface area contributed by atoms with E-state index in [1.807, 2.05) is 0 Å². The molecule has 0 amide bonds. The van der Waals surface area contributed by atoms with Crippen LogP contribution in [0.15, 0.2) is 24.3 Å². The van der Waals surface area contributed by atoms with Gasteiger partial charge in [-0.1, -0.05) is 18.2 Å². The van der Waals surface area contributed by atoms with E-state index in [4.69, 9.17) is 15.6 Å². The minimum Gasteiger partial charge on any atom is -0.481 e. The number of rotatable bonds is 3. The second kappa shape index (κ2) is 3.84. The molecule has 2 rings (SSSR count). The fourth-order valence-corrected chi connectivity index (χ4v) is 1.78. The number of carboxylic acid groups (broad SMARTS) is 1. The SMILES string of the molecule is NC(c1ccccc1F)C1(C(=O)O)COC1. The lowest BCUT2D eigenvalue weighted by atomic mass is 9.75. The fraction of sp³-hybridized carbons (Fsp3) is 0.364. The normalized spacial score (nSPS) is 19.9. The Morgan fingerprint density at radius 3 is 2.56 bits per heavy atom. The summed E-state index contributed by atoms with van der Waals surface area (Å²) >= 11 is 0. The van der Waals surface area contributed by atoms with Crippen molar-refractivity contribution < 1.29 is 19.0 Å².